The van der Waals surface area contributed by atoms with Gasteiger partial charge in [-0.15, -0.1) is 10.2 Å². The Bertz CT molecular complexity index is 368. The van der Waals surface area contributed by atoms with Gasteiger partial charge < -0.3 is 10.0 Å². The summed E-state index contributed by atoms with van der Waals surface area (Å²) < 4.78 is 0. The molecule has 0 saturated carbocycles. The van der Waals surface area contributed by atoms with Crippen LogP contribution in [0.25, 0.3) is 0 Å². The summed E-state index contributed by atoms with van der Waals surface area (Å²) in [6.45, 7) is 3.37. The number of aromatic nitrogens is 2. The van der Waals surface area contributed by atoms with E-state index in [1.54, 1.807) is 5.51 Å². The Labute approximate surface area is 98.1 Å². The van der Waals surface area contributed by atoms with Crippen molar-refractivity contribution in [2.45, 2.75) is 26.2 Å². The second kappa shape index (κ2) is 4.37. The maximum Gasteiger partial charge on any atom is 0.311 e. The molecule has 1 unspecified atom stereocenters. The number of hydrogen-bond donors (Lipinski definition) is 1. The Hall–Kier alpha value is -1.17. The minimum atomic E-state index is -0.691. The largest absolute Gasteiger partial charge is 0.481 e. The van der Waals surface area contributed by atoms with Crippen molar-refractivity contribution in [1.82, 2.24) is 10.2 Å². The van der Waals surface area contributed by atoms with Crippen molar-refractivity contribution in [2.24, 2.45) is 5.41 Å². The lowest BCUT2D eigenvalue weighted by Crippen LogP contribution is -2.47. The molecule has 16 heavy (non-hydrogen) atoms. The molecule has 5 nitrogen and oxygen atoms in total. The number of carbonyl (C=O) groups is 1. The van der Waals surface area contributed by atoms with E-state index in [0.717, 1.165) is 24.5 Å². The van der Waals surface area contributed by atoms with Crippen LogP contribution in [0.5, 0.6) is 0 Å². The molecule has 88 valence electrons. The summed E-state index contributed by atoms with van der Waals surface area (Å²) in [4.78, 5) is 13.4. The SMILES string of the molecule is CCC1(C(=O)O)CCCN(c2nncs2)C1. The highest BCUT2D eigenvalue weighted by Crippen LogP contribution is 2.35. The van der Waals surface area contributed by atoms with Crippen molar-refractivity contribution in [2.75, 3.05) is 18.0 Å². The van der Waals surface area contributed by atoms with Crippen LogP contribution in [0.15, 0.2) is 5.51 Å². The van der Waals surface area contributed by atoms with Gasteiger partial charge in [-0.1, -0.05) is 18.3 Å². The third-order valence-electron chi connectivity index (χ3n) is 3.33. The summed E-state index contributed by atoms with van der Waals surface area (Å²) in [5.74, 6) is -0.691. The van der Waals surface area contributed by atoms with Crippen LogP contribution in [0.1, 0.15) is 26.2 Å². The molecule has 1 aliphatic rings. The number of carboxylic acid groups (broad SMARTS) is 1. The normalized spacial score (nSPS) is 25.7. The van der Waals surface area contributed by atoms with Gasteiger partial charge in [0.25, 0.3) is 0 Å². The maximum absolute atomic E-state index is 11.4. The lowest BCUT2D eigenvalue weighted by molar-refractivity contribution is -0.149. The molecule has 1 fully saturated rings. The predicted molar refractivity (Wildman–Crippen MR) is 61.7 cm³/mol. The van der Waals surface area contributed by atoms with Gasteiger partial charge >= 0.3 is 5.97 Å². The van der Waals surface area contributed by atoms with Crippen molar-refractivity contribution in [3.63, 3.8) is 0 Å². The van der Waals surface area contributed by atoms with E-state index >= 15 is 0 Å². The van der Waals surface area contributed by atoms with Gasteiger partial charge in [0.2, 0.25) is 5.13 Å². The van der Waals surface area contributed by atoms with Gasteiger partial charge in [-0.05, 0) is 19.3 Å². The van der Waals surface area contributed by atoms with Crippen molar-refractivity contribution in [3.8, 4) is 0 Å². The zero-order valence-electron chi connectivity index (χ0n) is 9.22. The van der Waals surface area contributed by atoms with Crippen LogP contribution in [0.4, 0.5) is 5.13 Å². The Balaban J connectivity index is 2.18. The van der Waals surface area contributed by atoms with Crippen LogP contribution >= 0.6 is 11.3 Å². The number of aliphatic carboxylic acids is 1. The lowest BCUT2D eigenvalue weighted by Gasteiger charge is -2.39. The van der Waals surface area contributed by atoms with Gasteiger partial charge in [-0.2, -0.15) is 0 Å². The highest BCUT2D eigenvalue weighted by molar-refractivity contribution is 7.13. The molecule has 2 heterocycles. The van der Waals surface area contributed by atoms with E-state index in [-0.39, 0.29) is 0 Å². The first-order valence-electron chi connectivity index (χ1n) is 5.42. The van der Waals surface area contributed by atoms with Gasteiger partial charge in [-0.3, -0.25) is 4.79 Å². The van der Waals surface area contributed by atoms with E-state index in [1.165, 1.54) is 11.3 Å². The molecule has 6 heteroatoms. The minimum absolute atomic E-state index is 0.550. The van der Waals surface area contributed by atoms with E-state index < -0.39 is 11.4 Å². The lowest BCUT2D eigenvalue weighted by atomic mass is 9.78. The Morgan fingerprint density at radius 2 is 2.56 bits per heavy atom. The van der Waals surface area contributed by atoms with Crippen LogP contribution in [0, 0.1) is 5.41 Å². The molecule has 0 radical (unpaired) electrons. The van der Waals surface area contributed by atoms with Crippen molar-refractivity contribution in [1.29, 1.82) is 0 Å². The van der Waals surface area contributed by atoms with Crippen LogP contribution in [-0.2, 0) is 4.79 Å². The summed E-state index contributed by atoms with van der Waals surface area (Å²) in [5.41, 5.74) is 1.07. The van der Waals surface area contributed by atoms with Crippen molar-refractivity contribution < 1.29 is 9.90 Å². The molecule has 1 saturated heterocycles. The van der Waals surface area contributed by atoms with Gasteiger partial charge in [0.1, 0.15) is 5.51 Å². The number of anilines is 1. The molecular weight excluding hydrogens is 226 g/mol. The molecule has 1 atom stereocenters. The number of hydrogen-bond acceptors (Lipinski definition) is 5. The molecule has 0 amide bonds. The van der Waals surface area contributed by atoms with Crippen molar-refractivity contribution in [3.05, 3.63) is 5.51 Å². The fourth-order valence-corrected chi connectivity index (χ4v) is 2.80. The van der Waals surface area contributed by atoms with Crippen LogP contribution in [-0.4, -0.2) is 34.4 Å². The topological polar surface area (TPSA) is 66.3 Å². The van der Waals surface area contributed by atoms with Crippen LogP contribution in [0.2, 0.25) is 0 Å². The fraction of sp³-hybridized carbons (Fsp3) is 0.700. The van der Waals surface area contributed by atoms with E-state index in [0.29, 0.717) is 13.0 Å². The molecule has 0 bridgehead atoms. The molecule has 0 spiro atoms. The van der Waals surface area contributed by atoms with Gasteiger partial charge in [0.15, 0.2) is 0 Å². The molecule has 1 aromatic rings. The number of carboxylic acids is 1. The van der Waals surface area contributed by atoms with E-state index in [9.17, 15) is 9.90 Å². The Morgan fingerprint density at radius 1 is 1.75 bits per heavy atom. The first-order valence-corrected chi connectivity index (χ1v) is 6.30. The molecule has 1 aromatic heterocycles. The van der Waals surface area contributed by atoms with Gasteiger partial charge in [0.05, 0.1) is 5.41 Å². The summed E-state index contributed by atoms with van der Waals surface area (Å²) >= 11 is 1.46. The predicted octanol–water partition coefficient (Wildman–Crippen LogP) is 1.62. The third-order valence-corrected chi connectivity index (χ3v) is 4.08. The van der Waals surface area contributed by atoms with Crippen LogP contribution in [0.3, 0.4) is 0 Å². The first-order chi connectivity index (χ1) is 7.68. The molecular formula is C10H15N3O2S. The zero-order chi connectivity index (χ0) is 11.6. The van der Waals surface area contributed by atoms with Crippen LogP contribution < -0.4 is 4.90 Å². The fourth-order valence-electron chi connectivity index (χ4n) is 2.21. The monoisotopic (exact) mass is 241 g/mol. The highest BCUT2D eigenvalue weighted by atomic mass is 32.1. The summed E-state index contributed by atoms with van der Waals surface area (Å²) in [6.07, 6.45) is 2.32. The molecule has 0 aliphatic carbocycles. The first kappa shape index (κ1) is 11.3. The average molecular weight is 241 g/mol. The molecule has 2 rings (SSSR count). The number of piperidine rings is 1. The average Bonchev–Trinajstić information content (AvgIpc) is 2.82. The minimum Gasteiger partial charge on any atom is -0.481 e. The summed E-state index contributed by atoms with van der Waals surface area (Å²) in [6, 6.07) is 0. The van der Waals surface area contributed by atoms with E-state index in [1.807, 2.05) is 11.8 Å². The zero-order valence-corrected chi connectivity index (χ0v) is 10.0. The highest BCUT2D eigenvalue weighted by Gasteiger charge is 2.41. The standard InChI is InChI=1S/C10H15N3O2S/c1-2-10(8(14)15)4-3-5-13(6-10)9-12-11-7-16-9/h7H,2-6H2,1H3,(H,14,15). The van der Waals surface area contributed by atoms with Crippen molar-refractivity contribution >= 4 is 22.4 Å². The van der Waals surface area contributed by atoms with E-state index in [4.69, 9.17) is 0 Å². The number of nitrogens with zero attached hydrogens (tertiary/aromatic N) is 3. The summed E-state index contributed by atoms with van der Waals surface area (Å²) in [5, 5.41) is 18.0. The quantitative estimate of drug-likeness (QED) is 0.871. The number of rotatable bonds is 3. The second-order valence-corrected chi connectivity index (χ2v) is 5.00. The Morgan fingerprint density at radius 3 is 3.12 bits per heavy atom. The molecule has 1 aliphatic heterocycles. The summed E-state index contributed by atoms with van der Waals surface area (Å²) in [7, 11) is 0. The van der Waals surface area contributed by atoms with Gasteiger partial charge in [0, 0.05) is 13.1 Å². The second-order valence-electron chi connectivity index (χ2n) is 4.19. The molecule has 1 N–H and O–H groups in total. The smallest absolute Gasteiger partial charge is 0.311 e. The third kappa shape index (κ3) is 1.89. The maximum atomic E-state index is 11.4. The Kier molecular flexibility index (Phi) is 3.09. The van der Waals surface area contributed by atoms with E-state index in [2.05, 4.69) is 10.2 Å². The van der Waals surface area contributed by atoms with Gasteiger partial charge in [-0.25, -0.2) is 0 Å². The molecule has 0 aromatic carbocycles.